The molecule has 0 amide bonds. The fraction of sp³-hybridized carbons (Fsp3) is 0. The van der Waals surface area contributed by atoms with Gasteiger partial charge in [-0.25, -0.2) is 4.98 Å². The van der Waals surface area contributed by atoms with Crippen LogP contribution < -0.4 is 0 Å². The van der Waals surface area contributed by atoms with Gasteiger partial charge in [0.05, 0.1) is 16.5 Å². The van der Waals surface area contributed by atoms with Crippen molar-refractivity contribution in [2.75, 3.05) is 0 Å². The molecule has 0 aromatic carbocycles. The highest BCUT2D eigenvalue weighted by molar-refractivity contribution is 5.88. The van der Waals surface area contributed by atoms with E-state index in [9.17, 15) is 14.9 Å². The van der Waals surface area contributed by atoms with Crippen molar-refractivity contribution in [2.45, 2.75) is 0 Å². The second-order valence-electron chi connectivity index (χ2n) is 3.09. The Morgan fingerprint density at radius 1 is 1.50 bits per heavy atom. The minimum Gasteiger partial charge on any atom is -0.340 e. The molecule has 1 N–H and O–H groups in total. The Morgan fingerprint density at radius 2 is 2.31 bits per heavy atom. The van der Waals surface area contributed by atoms with E-state index in [2.05, 4.69) is 9.97 Å². The van der Waals surface area contributed by atoms with Gasteiger partial charge in [0.15, 0.2) is 0 Å². The number of nitro groups is 1. The number of allylic oxidation sites excluding steroid dienone is 1. The number of pyridine rings is 1. The number of rotatable bonds is 3. The van der Waals surface area contributed by atoms with Crippen molar-refractivity contribution in [1.29, 1.82) is 0 Å². The van der Waals surface area contributed by atoms with Gasteiger partial charge >= 0.3 is 0 Å². The molecule has 2 aromatic heterocycles. The first-order valence-corrected chi connectivity index (χ1v) is 4.45. The Balaban J connectivity index is 2.58. The summed E-state index contributed by atoms with van der Waals surface area (Å²) in [4.78, 5) is 27.1. The van der Waals surface area contributed by atoms with Crippen molar-refractivity contribution in [3.63, 3.8) is 0 Å². The minimum absolute atomic E-state index is 0.0242. The van der Waals surface area contributed by atoms with Gasteiger partial charge < -0.3 is 4.98 Å². The Labute approximate surface area is 89.8 Å². The molecule has 0 spiro atoms. The van der Waals surface area contributed by atoms with E-state index >= 15 is 0 Å². The van der Waals surface area contributed by atoms with Crippen LogP contribution in [0.25, 0.3) is 17.1 Å². The third-order valence-electron chi connectivity index (χ3n) is 2.09. The zero-order chi connectivity index (χ0) is 11.5. The summed E-state index contributed by atoms with van der Waals surface area (Å²) in [6, 6.07) is 1.61. The zero-order valence-electron chi connectivity index (χ0n) is 8.08. The van der Waals surface area contributed by atoms with Crippen molar-refractivity contribution in [2.24, 2.45) is 0 Å². The zero-order valence-corrected chi connectivity index (χ0v) is 8.08. The molecule has 0 fully saturated rings. The summed E-state index contributed by atoms with van der Waals surface area (Å²) in [6.07, 6.45) is 6.31. The molecule has 0 radical (unpaired) electrons. The van der Waals surface area contributed by atoms with E-state index in [4.69, 9.17) is 0 Å². The van der Waals surface area contributed by atoms with Crippen LogP contribution in [-0.2, 0) is 4.79 Å². The Morgan fingerprint density at radius 3 is 3.00 bits per heavy atom. The van der Waals surface area contributed by atoms with Gasteiger partial charge in [0, 0.05) is 6.20 Å². The van der Waals surface area contributed by atoms with Crippen LogP contribution >= 0.6 is 0 Å². The molecule has 2 rings (SSSR count). The molecular weight excluding hydrogens is 210 g/mol. The number of carbonyl (C=O) groups is 1. The smallest absolute Gasteiger partial charge is 0.296 e. The van der Waals surface area contributed by atoms with Crippen LogP contribution in [-0.4, -0.2) is 21.2 Å². The lowest BCUT2D eigenvalue weighted by atomic mass is 10.2. The molecule has 80 valence electrons. The average molecular weight is 217 g/mol. The van der Waals surface area contributed by atoms with Crippen LogP contribution in [0.5, 0.6) is 0 Å². The van der Waals surface area contributed by atoms with Crippen LogP contribution in [0.15, 0.2) is 24.5 Å². The van der Waals surface area contributed by atoms with E-state index in [-0.39, 0.29) is 5.69 Å². The first-order valence-electron chi connectivity index (χ1n) is 4.45. The van der Waals surface area contributed by atoms with Crippen molar-refractivity contribution in [3.05, 3.63) is 40.2 Å². The first kappa shape index (κ1) is 10.0. The third kappa shape index (κ3) is 1.68. The lowest BCUT2D eigenvalue weighted by Gasteiger charge is -1.92. The first-order chi connectivity index (χ1) is 7.72. The number of aromatic amines is 1. The van der Waals surface area contributed by atoms with Crippen LogP contribution in [0.1, 0.15) is 5.56 Å². The molecule has 0 aliphatic carbocycles. The largest absolute Gasteiger partial charge is 0.340 e. The molecule has 0 unspecified atom stereocenters. The maximum atomic E-state index is 10.7. The highest BCUT2D eigenvalue weighted by Crippen LogP contribution is 2.24. The molecule has 0 aliphatic heterocycles. The van der Waals surface area contributed by atoms with Crippen molar-refractivity contribution in [1.82, 2.24) is 9.97 Å². The van der Waals surface area contributed by atoms with Crippen molar-refractivity contribution >= 4 is 29.1 Å². The van der Waals surface area contributed by atoms with Gasteiger partial charge in [0.1, 0.15) is 11.9 Å². The molecule has 0 aliphatic rings. The lowest BCUT2D eigenvalue weighted by molar-refractivity contribution is -0.383. The maximum absolute atomic E-state index is 10.7. The summed E-state index contributed by atoms with van der Waals surface area (Å²) >= 11 is 0. The van der Waals surface area contributed by atoms with E-state index in [1.54, 1.807) is 6.07 Å². The summed E-state index contributed by atoms with van der Waals surface area (Å²) in [7, 11) is 0. The van der Waals surface area contributed by atoms with Crippen LogP contribution in [0, 0.1) is 10.1 Å². The molecular formula is C10H7N3O3. The fourth-order valence-corrected chi connectivity index (χ4v) is 1.40. The van der Waals surface area contributed by atoms with E-state index < -0.39 is 4.92 Å². The monoisotopic (exact) mass is 217 g/mol. The second-order valence-corrected chi connectivity index (χ2v) is 3.09. The molecule has 0 saturated heterocycles. The summed E-state index contributed by atoms with van der Waals surface area (Å²) in [5.74, 6) is 0. The van der Waals surface area contributed by atoms with Gasteiger partial charge in [-0.05, 0) is 17.7 Å². The van der Waals surface area contributed by atoms with Gasteiger partial charge in [-0.3, -0.25) is 14.9 Å². The quantitative estimate of drug-likeness (QED) is 0.366. The van der Waals surface area contributed by atoms with E-state index in [1.807, 2.05) is 0 Å². The summed E-state index contributed by atoms with van der Waals surface area (Å²) in [6.45, 7) is 0. The maximum Gasteiger partial charge on any atom is 0.296 e. The van der Waals surface area contributed by atoms with Crippen molar-refractivity contribution < 1.29 is 9.72 Å². The normalized spacial score (nSPS) is 11.0. The predicted octanol–water partition coefficient (Wildman–Crippen LogP) is 1.68. The Kier molecular flexibility index (Phi) is 2.47. The van der Waals surface area contributed by atoms with Crippen LogP contribution in [0.2, 0.25) is 0 Å². The average Bonchev–Trinajstić information content (AvgIpc) is 2.69. The number of hydrogen-bond acceptors (Lipinski definition) is 4. The summed E-state index contributed by atoms with van der Waals surface area (Å²) < 4.78 is 0. The SMILES string of the molecule is O=CC=Cc1cnc2[nH]cc([N+](=O)[O-])c2c1. The van der Waals surface area contributed by atoms with E-state index in [0.29, 0.717) is 22.9 Å². The van der Waals surface area contributed by atoms with Gasteiger partial charge in [0.2, 0.25) is 0 Å². The molecule has 2 aromatic rings. The number of aromatic nitrogens is 2. The van der Waals surface area contributed by atoms with Gasteiger partial charge in [0.25, 0.3) is 5.69 Å². The fourth-order valence-electron chi connectivity index (χ4n) is 1.40. The highest BCUT2D eigenvalue weighted by atomic mass is 16.6. The summed E-state index contributed by atoms with van der Waals surface area (Å²) in [5, 5.41) is 11.1. The number of aldehydes is 1. The highest BCUT2D eigenvalue weighted by Gasteiger charge is 2.14. The molecule has 6 nitrogen and oxygen atoms in total. The molecule has 0 atom stereocenters. The number of nitrogens with one attached hydrogen (secondary N) is 1. The molecule has 16 heavy (non-hydrogen) atoms. The number of H-pyrrole nitrogens is 1. The topological polar surface area (TPSA) is 88.9 Å². The van der Waals surface area contributed by atoms with Gasteiger partial charge in [-0.15, -0.1) is 0 Å². The number of fused-ring (bicyclic) bond motifs is 1. The van der Waals surface area contributed by atoms with Crippen molar-refractivity contribution in [3.8, 4) is 0 Å². The van der Waals surface area contributed by atoms with E-state index in [1.165, 1.54) is 24.5 Å². The van der Waals surface area contributed by atoms with Crippen LogP contribution in [0.4, 0.5) is 5.69 Å². The molecule has 2 heterocycles. The number of carbonyl (C=O) groups excluding carboxylic acids is 1. The predicted molar refractivity (Wildman–Crippen MR) is 57.8 cm³/mol. The lowest BCUT2D eigenvalue weighted by Crippen LogP contribution is -1.86. The molecule has 0 bridgehead atoms. The van der Waals surface area contributed by atoms with E-state index in [0.717, 1.165) is 0 Å². The number of nitrogens with zero attached hydrogens (tertiary/aromatic N) is 2. The van der Waals surface area contributed by atoms with Gasteiger partial charge in [-0.2, -0.15) is 0 Å². The molecule has 0 saturated carbocycles. The standard InChI is InChI=1S/C10H7N3O3/c14-3-1-2-7-4-8-9(13(15)16)6-12-10(8)11-5-7/h1-6H,(H,11,12). The van der Waals surface area contributed by atoms with Gasteiger partial charge in [-0.1, -0.05) is 6.08 Å². The minimum atomic E-state index is -0.478. The molecule has 6 heteroatoms. The number of hydrogen-bond donors (Lipinski definition) is 1. The van der Waals surface area contributed by atoms with Crippen LogP contribution in [0.3, 0.4) is 0 Å². The summed E-state index contributed by atoms with van der Waals surface area (Å²) in [5.41, 5.74) is 1.07. The second kappa shape index (κ2) is 3.93. The Hall–Kier alpha value is -2.50. The Bertz CT molecular complexity index is 586. The third-order valence-corrected chi connectivity index (χ3v) is 2.09.